The van der Waals surface area contributed by atoms with Gasteiger partial charge in [-0.3, -0.25) is 14.4 Å². The van der Waals surface area contributed by atoms with Crippen LogP contribution < -0.4 is 10.6 Å². The average Bonchev–Trinajstić information content (AvgIpc) is 2.79. The molecule has 0 aliphatic carbocycles. The third kappa shape index (κ3) is 9.85. The number of thiol groups is 1. The van der Waals surface area contributed by atoms with Gasteiger partial charge in [-0.05, 0) is 72.9 Å². The maximum atomic E-state index is 14.1. The summed E-state index contributed by atoms with van der Waals surface area (Å²) in [4.78, 5) is 53.7. The van der Waals surface area contributed by atoms with E-state index >= 15 is 0 Å². The molecule has 0 saturated carbocycles. The normalized spacial score (nSPS) is 13.2. The molecule has 0 bridgehead atoms. The molecule has 10 heteroatoms. The zero-order valence-corrected chi connectivity index (χ0v) is 25.2. The molecule has 0 radical (unpaired) electrons. The van der Waals surface area contributed by atoms with Gasteiger partial charge in [-0.2, -0.15) is 12.6 Å². The Morgan fingerprint density at radius 3 is 2.18 bits per heavy atom. The summed E-state index contributed by atoms with van der Waals surface area (Å²) in [7, 11) is 0. The van der Waals surface area contributed by atoms with E-state index in [4.69, 9.17) is 9.47 Å². The molecule has 0 aliphatic heterocycles. The number of amides is 3. The molecule has 2 N–H and O–H groups in total. The Morgan fingerprint density at radius 2 is 1.68 bits per heavy atom. The first kappa shape index (κ1) is 33.3. The average molecular weight is 552 g/mol. The minimum atomic E-state index is -1.04. The molecule has 214 valence electrons. The van der Waals surface area contributed by atoms with Crippen molar-refractivity contribution >= 4 is 36.5 Å². The lowest BCUT2D eigenvalue weighted by Crippen LogP contribution is -2.60. The maximum absolute atomic E-state index is 14.1. The van der Waals surface area contributed by atoms with Crippen molar-refractivity contribution in [1.82, 2.24) is 15.5 Å². The fourth-order valence-corrected chi connectivity index (χ4v) is 4.14. The topological polar surface area (TPSA) is 114 Å². The van der Waals surface area contributed by atoms with Gasteiger partial charge in [0.1, 0.15) is 17.7 Å². The molecular formula is C28H45N3O6S. The van der Waals surface area contributed by atoms with Crippen LogP contribution in [0.5, 0.6) is 0 Å². The Kier molecular flexibility index (Phi) is 12.6. The Balaban J connectivity index is 3.53. The number of carbonyl (C=O) groups is 4. The molecule has 9 nitrogen and oxygen atoms in total. The molecule has 1 aromatic rings. The third-order valence-corrected chi connectivity index (χ3v) is 6.45. The number of ether oxygens (including phenoxy) is 2. The molecule has 2 unspecified atom stereocenters. The number of hydrogen-bond acceptors (Lipinski definition) is 7. The predicted octanol–water partition coefficient (Wildman–Crippen LogP) is 4.25. The summed E-state index contributed by atoms with van der Waals surface area (Å²) < 4.78 is 10.3. The molecule has 38 heavy (non-hydrogen) atoms. The van der Waals surface area contributed by atoms with Crippen LogP contribution in [-0.4, -0.2) is 64.9 Å². The van der Waals surface area contributed by atoms with Gasteiger partial charge in [0.15, 0.2) is 0 Å². The van der Waals surface area contributed by atoms with Gasteiger partial charge in [0.05, 0.1) is 13.0 Å². The number of aryl methyl sites for hydroxylation is 2. The summed E-state index contributed by atoms with van der Waals surface area (Å²) in [5.41, 5.74) is 0.961. The fraction of sp³-hybridized carbons (Fsp3) is 0.643. The van der Waals surface area contributed by atoms with Crippen LogP contribution in [0.2, 0.25) is 0 Å². The molecule has 0 heterocycles. The van der Waals surface area contributed by atoms with Crippen LogP contribution in [0.25, 0.3) is 0 Å². The number of nitrogens with one attached hydrogen (secondary N) is 2. The molecule has 0 spiro atoms. The summed E-state index contributed by atoms with van der Waals surface area (Å²) in [5.74, 6) is -1.33. The van der Waals surface area contributed by atoms with Crippen LogP contribution in [0.3, 0.4) is 0 Å². The molecule has 0 aliphatic rings. The van der Waals surface area contributed by atoms with Crippen molar-refractivity contribution in [1.29, 1.82) is 0 Å². The van der Waals surface area contributed by atoms with Gasteiger partial charge < -0.3 is 25.0 Å². The highest BCUT2D eigenvalue weighted by Gasteiger charge is 2.43. The monoisotopic (exact) mass is 551 g/mol. The van der Waals surface area contributed by atoms with Gasteiger partial charge in [0, 0.05) is 17.8 Å². The molecule has 0 saturated heterocycles. The van der Waals surface area contributed by atoms with Crippen LogP contribution in [0.1, 0.15) is 84.0 Å². The number of hydrogen-bond donors (Lipinski definition) is 3. The second-order valence-corrected chi connectivity index (χ2v) is 11.2. The first-order valence-electron chi connectivity index (χ1n) is 13.0. The van der Waals surface area contributed by atoms with E-state index in [1.807, 2.05) is 52.8 Å². The lowest BCUT2D eigenvalue weighted by atomic mass is 9.90. The van der Waals surface area contributed by atoms with Gasteiger partial charge in [-0.15, -0.1) is 0 Å². The van der Waals surface area contributed by atoms with Crippen molar-refractivity contribution in [2.75, 3.05) is 18.9 Å². The standard InChI is InChI=1S/C28H45N3O6S/c1-10-28(8,9)31(25(34)21(17-38)30-26(35)37-27(5,6)7)23(20-13-12-18(3)16-19(20)4)24(33)29-15-14-22(32)36-11-2/h12-13,16,21,23,38H,10-11,14-15,17H2,1-9H3,(H,29,33)(H,30,35). The van der Waals surface area contributed by atoms with Gasteiger partial charge >= 0.3 is 12.1 Å². The molecule has 0 aromatic heterocycles. The van der Waals surface area contributed by atoms with E-state index in [9.17, 15) is 19.2 Å². The number of rotatable bonds is 12. The van der Waals surface area contributed by atoms with Crippen LogP contribution in [-0.2, 0) is 23.9 Å². The van der Waals surface area contributed by atoms with E-state index in [0.29, 0.717) is 12.0 Å². The summed E-state index contributed by atoms with van der Waals surface area (Å²) in [6.45, 7) is 16.7. The second kappa shape index (κ2) is 14.4. The van der Waals surface area contributed by atoms with Crippen molar-refractivity contribution in [3.63, 3.8) is 0 Å². The van der Waals surface area contributed by atoms with Crippen LogP contribution in [0.15, 0.2) is 18.2 Å². The summed E-state index contributed by atoms with van der Waals surface area (Å²) in [6.07, 6.45) is -0.215. The Hall–Kier alpha value is -2.75. The van der Waals surface area contributed by atoms with E-state index < -0.39 is 47.1 Å². The van der Waals surface area contributed by atoms with Crippen molar-refractivity contribution in [2.45, 2.75) is 98.4 Å². The molecule has 3 amide bonds. The minimum absolute atomic E-state index is 0.00154. The summed E-state index contributed by atoms with van der Waals surface area (Å²) >= 11 is 4.33. The lowest BCUT2D eigenvalue weighted by molar-refractivity contribution is -0.149. The largest absolute Gasteiger partial charge is 0.466 e. The van der Waals surface area contributed by atoms with Crippen LogP contribution >= 0.6 is 12.6 Å². The van der Waals surface area contributed by atoms with E-state index in [2.05, 4.69) is 23.3 Å². The van der Waals surface area contributed by atoms with E-state index in [1.54, 1.807) is 27.7 Å². The zero-order valence-electron chi connectivity index (χ0n) is 24.3. The van der Waals surface area contributed by atoms with Crippen molar-refractivity contribution < 1.29 is 28.7 Å². The van der Waals surface area contributed by atoms with Crippen molar-refractivity contribution in [2.24, 2.45) is 0 Å². The first-order valence-corrected chi connectivity index (χ1v) is 13.6. The Bertz CT molecular complexity index is 989. The second-order valence-electron chi connectivity index (χ2n) is 10.9. The molecule has 1 rings (SSSR count). The molecule has 0 fully saturated rings. The number of nitrogens with zero attached hydrogens (tertiary/aromatic N) is 1. The minimum Gasteiger partial charge on any atom is -0.466 e. The molecular weight excluding hydrogens is 506 g/mol. The molecule has 1 aromatic carbocycles. The zero-order chi connectivity index (χ0) is 29.3. The Labute approximate surface area is 232 Å². The third-order valence-electron chi connectivity index (χ3n) is 6.09. The van der Waals surface area contributed by atoms with Crippen molar-refractivity contribution in [3.8, 4) is 0 Å². The fourth-order valence-electron chi connectivity index (χ4n) is 3.90. The smallest absolute Gasteiger partial charge is 0.408 e. The highest BCUT2D eigenvalue weighted by Crippen LogP contribution is 2.34. The van der Waals surface area contributed by atoms with E-state index in [-0.39, 0.29) is 25.3 Å². The van der Waals surface area contributed by atoms with E-state index in [0.717, 1.165) is 11.1 Å². The number of esters is 1. The van der Waals surface area contributed by atoms with Gasteiger partial charge in [0.2, 0.25) is 11.8 Å². The molecule has 2 atom stereocenters. The SMILES string of the molecule is CCOC(=O)CCNC(=O)C(c1ccc(C)cc1C)N(C(=O)C(CS)NC(=O)OC(C)(C)C)C(C)(C)CC. The van der Waals surface area contributed by atoms with Crippen LogP contribution in [0, 0.1) is 13.8 Å². The summed E-state index contributed by atoms with van der Waals surface area (Å²) in [6, 6.07) is 3.61. The predicted molar refractivity (Wildman–Crippen MR) is 151 cm³/mol. The lowest BCUT2D eigenvalue weighted by Gasteiger charge is -2.44. The maximum Gasteiger partial charge on any atom is 0.408 e. The highest BCUT2D eigenvalue weighted by atomic mass is 32.1. The van der Waals surface area contributed by atoms with Gasteiger partial charge in [0.25, 0.3) is 0 Å². The van der Waals surface area contributed by atoms with Crippen LogP contribution in [0.4, 0.5) is 4.79 Å². The summed E-state index contributed by atoms with van der Waals surface area (Å²) in [5, 5.41) is 5.43. The number of alkyl carbamates (subject to hydrolysis) is 1. The van der Waals surface area contributed by atoms with Crippen molar-refractivity contribution in [3.05, 3.63) is 34.9 Å². The first-order chi connectivity index (χ1) is 17.6. The van der Waals surface area contributed by atoms with E-state index in [1.165, 1.54) is 4.90 Å². The van der Waals surface area contributed by atoms with Gasteiger partial charge in [-0.1, -0.05) is 30.7 Å². The van der Waals surface area contributed by atoms with Gasteiger partial charge in [-0.25, -0.2) is 4.79 Å². The number of carbonyl (C=O) groups excluding carboxylic acids is 4. The quantitative estimate of drug-likeness (QED) is 0.264. The Morgan fingerprint density at radius 1 is 1.05 bits per heavy atom. The number of benzene rings is 1. The highest BCUT2D eigenvalue weighted by molar-refractivity contribution is 7.80.